The summed E-state index contributed by atoms with van der Waals surface area (Å²) in [6.07, 6.45) is 1.67. The van der Waals surface area contributed by atoms with Crippen molar-refractivity contribution in [1.82, 2.24) is 10.2 Å². The molecule has 8 nitrogen and oxygen atoms in total. The number of hydrogen-bond donors (Lipinski definition) is 2. The van der Waals surface area contributed by atoms with Crippen molar-refractivity contribution < 1.29 is 28.8 Å². The van der Waals surface area contributed by atoms with E-state index in [4.69, 9.17) is 9.47 Å². The van der Waals surface area contributed by atoms with E-state index >= 15 is 0 Å². The molecule has 0 aromatic heterocycles. The Hall–Kier alpha value is -2.61. The van der Waals surface area contributed by atoms with Crippen LogP contribution >= 0.6 is 0 Å². The lowest BCUT2D eigenvalue weighted by Gasteiger charge is -2.33. The second kappa shape index (κ2) is 9.73. The van der Waals surface area contributed by atoms with Crippen LogP contribution in [0.15, 0.2) is 24.3 Å². The number of benzene rings is 1. The number of piperidine rings is 1. The fraction of sp³-hybridized carbons (Fsp3) is 0.571. The number of hydrogen-bond acceptors (Lipinski definition) is 5. The molecule has 2 aliphatic rings. The van der Waals surface area contributed by atoms with Gasteiger partial charge in [0.15, 0.2) is 12.6 Å². The highest BCUT2D eigenvalue weighted by atomic mass is 16.6. The van der Waals surface area contributed by atoms with E-state index < -0.39 is 0 Å². The number of quaternary nitrogens is 1. The van der Waals surface area contributed by atoms with E-state index in [0.29, 0.717) is 45.5 Å². The van der Waals surface area contributed by atoms with Gasteiger partial charge in [0, 0.05) is 31.1 Å². The minimum atomic E-state index is -0.383. The third-order valence-electron chi connectivity index (χ3n) is 5.71. The van der Waals surface area contributed by atoms with Gasteiger partial charge in [0.2, 0.25) is 0 Å². The molecular weight excluding hydrogens is 374 g/mol. The van der Waals surface area contributed by atoms with Crippen LogP contribution in [0.4, 0.5) is 4.79 Å². The maximum absolute atomic E-state index is 12.7. The highest BCUT2D eigenvalue weighted by molar-refractivity contribution is 5.78. The SMILES string of the molecule is CCOC(=O)N1CCC(NC(=O)C[NH+]2Cc3ccccc3C[C@H]2C(=O)OC)CC1. The van der Waals surface area contributed by atoms with Gasteiger partial charge in [-0.25, -0.2) is 9.59 Å². The Labute approximate surface area is 171 Å². The average Bonchev–Trinajstić information content (AvgIpc) is 2.73. The van der Waals surface area contributed by atoms with E-state index in [1.165, 1.54) is 7.11 Å². The Morgan fingerprint density at radius 3 is 2.52 bits per heavy atom. The summed E-state index contributed by atoms with van der Waals surface area (Å²) in [5, 5.41) is 3.07. The fourth-order valence-electron chi connectivity index (χ4n) is 4.15. The number of nitrogens with one attached hydrogen (secondary N) is 2. The zero-order chi connectivity index (χ0) is 20.8. The number of carbonyl (C=O) groups is 3. The van der Waals surface area contributed by atoms with E-state index in [1.54, 1.807) is 11.8 Å². The zero-order valence-electron chi connectivity index (χ0n) is 17.1. The molecule has 1 unspecified atom stereocenters. The molecule has 0 bridgehead atoms. The molecule has 2 amide bonds. The molecule has 0 radical (unpaired) electrons. The Kier molecular flexibility index (Phi) is 7.09. The molecule has 1 fully saturated rings. The summed E-state index contributed by atoms with van der Waals surface area (Å²) in [6, 6.07) is 7.66. The number of likely N-dealkylation sites (tertiary alicyclic amines) is 1. The van der Waals surface area contributed by atoms with Crippen molar-refractivity contribution in [3.05, 3.63) is 35.4 Å². The summed E-state index contributed by atoms with van der Waals surface area (Å²) in [7, 11) is 1.39. The lowest BCUT2D eigenvalue weighted by Crippen LogP contribution is -3.17. The van der Waals surface area contributed by atoms with E-state index in [-0.39, 0.29) is 36.6 Å². The zero-order valence-corrected chi connectivity index (χ0v) is 17.1. The van der Waals surface area contributed by atoms with E-state index in [1.807, 2.05) is 24.3 Å². The van der Waals surface area contributed by atoms with Gasteiger partial charge >= 0.3 is 12.1 Å². The minimum absolute atomic E-state index is 0.0289. The van der Waals surface area contributed by atoms with Crippen LogP contribution in [0.5, 0.6) is 0 Å². The summed E-state index contributed by atoms with van der Waals surface area (Å²) in [5.41, 5.74) is 2.30. The number of rotatable bonds is 5. The summed E-state index contributed by atoms with van der Waals surface area (Å²) in [6.45, 7) is 4.11. The predicted molar refractivity (Wildman–Crippen MR) is 105 cm³/mol. The van der Waals surface area contributed by atoms with Gasteiger partial charge in [-0.05, 0) is 25.3 Å². The number of nitrogens with zero attached hydrogens (tertiary/aromatic N) is 1. The van der Waals surface area contributed by atoms with Crippen LogP contribution in [-0.2, 0) is 32.0 Å². The monoisotopic (exact) mass is 404 g/mol. The number of fused-ring (bicyclic) bond motifs is 1. The summed E-state index contributed by atoms with van der Waals surface area (Å²) >= 11 is 0. The van der Waals surface area contributed by atoms with Gasteiger partial charge in [0.05, 0.1) is 13.7 Å². The topological polar surface area (TPSA) is 89.4 Å². The first kappa shape index (κ1) is 21.1. The van der Waals surface area contributed by atoms with Crippen molar-refractivity contribution in [2.24, 2.45) is 0 Å². The molecular formula is C21H30N3O5+. The smallest absolute Gasteiger partial charge is 0.409 e. The molecule has 2 aliphatic heterocycles. The minimum Gasteiger partial charge on any atom is -0.465 e. The Balaban J connectivity index is 1.55. The van der Waals surface area contributed by atoms with Crippen LogP contribution < -0.4 is 10.2 Å². The standard InChI is InChI=1S/C21H29N3O5/c1-3-29-21(27)23-10-8-17(9-11-23)22-19(25)14-24-13-16-7-5-4-6-15(16)12-18(24)20(26)28-2/h4-7,17-18H,3,8-14H2,1-2H3,(H,22,25)/p+1/t18-/m0/s1. The highest BCUT2D eigenvalue weighted by Gasteiger charge is 2.37. The second-order valence-corrected chi connectivity index (χ2v) is 7.59. The molecule has 0 aliphatic carbocycles. The van der Waals surface area contributed by atoms with Gasteiger partial charge in [0.1, 0.15) is 6.54 Å². The third kappa shape index (κ3) is 5.26. The fourth-order valence-corrected chi connectivity index (χ4v) is 4.15. The molecule has 1 aromatic rings. The van der Waals surface area contributed by atoms with Gasteiger partial charge in [-0.1, -0.05) is 24.3 Å². The number of ether oxygens (including phenoxy) is 2. The molecule has 1 saturated heterocycles. The maximum atomic E-state index is 12.7. The average molecular weight is 404 g/mol. The van der Waals surface area contributed by atoms with Gasteiger partial charge in [0.25, 0.3) is 5.91 Å². The van der Waals surface area contributed by atoms with Gasteiger partial charge in [-0.3, -0.25) is 4.79 Å². The predicted octanol–water partition coefficient (Wildman–Crippen LogP) is -0.0937. The number of carbonyl (C=O) groups excluding carboxylic acids is 3. The summed E-state index contributed by atoms with van der Waals surface area (Å²) in [5.74, 6) is -0.368. The van der Waals surface area contributed by atoms with Crippen molar-refractivity contribution in [1.29, 1.82) is 0 Å². The van der Waals surface area contributed by atoms with Crippen molar-refractivity contribution in [3.8, 4) is 0 Å². The van der Waals surface area contributed by atoms with E-state index in [9.17, 15) is 14.4 Å². The Bertz CT molecular complexity index is 746. The Morgan fingerprint density at radius 2 is 1.86 bits per heavy atom. The lowest BCUT2D eigenvalue weighted by molar-refractivity contribution is -0.924. The van der Waals surface area contributed by atoms with Crippen molar-refractivity contribution >= 4 is 18.0 Å². The third-order valence-corrected chi connectivity index (χ3v) is 5.71. The van der Waals surface area contributed by atoms with Crippen molar-refractivity contribution in [2.75, 3.05) is 33.4 Å². The van der Waals surface area contributed by atoms with Crippen LogP contribution in [0.3, 0.4) is 0 Å². The molecule has 3 rings (SSSR count). The number of esters is 1. The van der Waals surface area contributed by atoms with E-state index in [2.05, 4.69) is 5.32 Å². The van der Waals surface area contributed by atoms with Crippen LogP contribution in [0.1, 0.15) is 30.9 Å². The first-order valence-corrected chi connectivity index (χ1v) is 10.2. The normalized spacial score (nSPS) is 21.8. The van der Waals surface area contributed by atoms with Crippen molar-refractivity contribution in [3.63, 3.8) is 0 Å². The van der Waals surface area contributed by atoms with Crippen molar-refractivity contribution in [2.45, 2.75) is 44.8 Å². The second-order valence-electron chi connectivity index (χ2n) is 7.59. The lowest BCUT2D eigenvalue weighted by atomic mass is 9.94. The quantitative estimate of drug-likeness (QED) is 0.670. The molecule has 2 N–H and O–H groups in total. The Morgan fingerprint density at radius 1 is 1.17 bits per heavy atom. The van der Waals surface area contributed by atoms with Gasteiger partial charge in [-0.15, -0.1) is 0 Å². The maximum Gasteiger partial charge on any atom is 0.409 e. The van der Waals surface area contributed by atoms with Crippen LogP contribution in [0.2, 0.25) is 0 Å². The first-order valence-electron chi connectivity index (χ1n) is 10.2. The van der Waals surface area contributed by atoms with Crippen LogP contribution in [0.25, 0.3) is 0 Å². The summed E-state index contributed by atoms with van der Waals surface area (Å²) in [4.78, 5) is 39.3. The first-order chi connectivity index (χ1) is 14.0. The summed E-state index contributed by atoms with van der Waals surface area (Å²) < 4.78 is 10.0. The number of methoxy groups -OCH3 is 1. The van der Waals surface area contributed by atoms with Crippen LogP contribution in [0, 0.1) is 0 Å². The van der Waals surface area contributed by atoms with Gasteiger partial charge < -0.3 is 24.6 Å². The molecule has 0 saturated carbocycles. The largest absolute Gasteiger partial charge is 0.465 e. The molecule has 29 heavy (non-hydrogen) atoms. The highest BCUT2D eigenvalue weighted by Crippen LogP contribution is 2.15. The van der Waals surface area contributed by atoms with E-state index in [0.717, 1.165) is 16.0 Å². The molecule has 8 heteroatoms. The van der Waals surface area contributed by atoms with Crippen LogP contribution in [-0.4, -0.2) is 68.3 Å². The molecule has 1 aromatic carbocycles. The molecule has 0 spiro atoms. The molecule has 2 heterocycles. The number of amides is 2. The molecule has 2 atom stereocenters. The van der Waals surface area contributed by atoms with Gasteiger partial charge in [-0.2, -0.15) is 0 Å². The molecule has 158 valence electrons.